The van der Waals surface area contributed by atoms with Gasteiger partial charge in [-0.1, -0.05) is 41.9 Å². The van der Waals surface area contributed by atoms with Crippen molar-refractivity contribution in [2.45, 2.75) is 6.42 Å². The fourth-order valence-corrected chi connectivity index (χ4v) is 1.02. The molecule has 0 aliphatic rings. The lowest BCUT2D eigenvalue weighted by atomic mass is 9.94. The summed E-state index contributed by atoms with van der Waals surface area (Å²) in [6.45, 7) is 0. The summed E-state index contributed by atoms with van der Waals surface area (Å²) < 4.78 is 0. The summed E-state index contributed by atoms with van der Waals surface area (Å²) in [4.78, 5) is 10.8. The molecule has 0 aromatic heterocycles. The Kier molecular flexibility index (Phi) is 3.94. The first-order valence-electron chi connectivity index (χ1n) is 4.24. The molecule has 1 amide bonds. The molecule has 0 aliphatic carbocycles. The van der Waals surface area contributed by atoms with Gasteiger partial charge in [0.2, 0.25) is 5.91 Å². The number of amides is 1. The van der Waals surface area contributed by atoms with Crippen LogP contribution in [-0.2, 0) is 4.79 Å². The molecule has 1 rings (SSSR count). The number of hydrogen-bond acceptors (Lipinski definition) is 2. The van der Waals surface area contributed by atoms with E-state index in [9.17, 15) is 4.79 Å². The molecule has 4 heteroatoms. The van der Waals surface area contributed by atoms with Crippen LogP contribution >= 0.6 is 0 Å². The van der Waals surface area contributed by atoms with E-state index in [4.69, 9.17) is 13.7 Å². The molecular formula is C10H11BN2O. The van der Waals surface area contributed by atoms with Crippen LogP contribution in [0, 0.1) is 0 Å². The Morgan fingerprint density at radius 2 is 2.36 bits per heavy atom. The van der Waals surface area contributed by atoms with Crippen LogP contribution in [-0.4, -0.2) is 13.8 Å². The SMILES string of the molecule is [B]c1cccc(/C=C/CC(=O)NN)c1. The van der Waals surface area contributed by atoms with E-state index < -0.39 is 0 Å². The number of carbonyl (C=O) groups excluding carboxylic acids is 1. The smallest absolute Gasteiger partial charge is 0.237 e. The second-order valence-electron chi connectivity index (χ2n) is 2.84. The van der Waals surface area contributed by atoms with Crippen molar-refractivity contribution in [2.75, 3.05) is 0 Å². The first-order valence-corrected chi connectivity index (χ1v) is 4.24. The highest BCUT2D eigenvalue weighted by Gasteiger charge is 1.92. The van der Waals surface area contributed by atoms with Gasteiger partial charge in [-0.15, -0.1) is 0 Å². The minimum Gasteiger partial charge on any atom is -0.294 e. The van der Waals surface area contributed by atoms with Crippen LogP contribution in [0.4, 0.5) is 0 Å². The molecule has 0 atom stereocenters. The van der Waals surface area contributed by atoms with Gasteiger partial charge >= 0.3 is 0 Å². The van der Waals surface area contributed by atoms with Gasteiger partial charge in [-0.2, -0.15) is 0 Å². The van der Waals surface area contributed by atoms with E-state index in [0.29, 0.717) is 5.46 Å². The predicted molar refractivity (Wildman–Crippen MR) is 57.8 cm³/mol. The first-order chi connectivity index (χ1) is 6.72. The van der Waals surface area contributed by atoms with Crippen molar-refractivity contribution >= 4 is 25.3 Å². The molecule has 1 aromatic carbocycles. The van der Waals surface area contributed by atoms with Crippen molar-refractivity contribution in [1.82, 2.24) is 5.43 Å². The van der Waals surface area contributed by atoms with E-state index in [-0.39, 0.29) is 12.3 Å². The lowest BCUT2D eigenvalue weighted by Crippen LogP contribution is -2.29. The largest absolute Gasteiger partial charge is 0.294 e. The fourth-order valence-electron chi connectivity index (χ4n) is 1.02. The van der Waals surface area contributed by atoms with Gasteiger partial charge in [-0.25, -0.2) is 5.84 Å². The summed E-state index contributed by atoms with van der Waals surface area (Å²) in [5, 5.41) is 0. The first kappa shape index (κ1) is 10.5. The molecule has 0 saturated carbocycles. The van der Waals surface area contributed by atoms with Crippen molar-refractivity contribution in [3.05, 3.63) is 35.9 Å². The average molecular weight is 186 g/mol. The van der Waals surface area contributed by atoms with Crippen molar-refractivity contribution in [1.29, 1.82) is 0 Å². The van der Waals surface area contributed by atoms with E-state index in [0.717, 1.165) is 5.56 Å². The highest BCUT2D eigenvalue weighted by Crippen LogP contribution is 1.99. The molecule has 0 saturated heterocycles. The Morgan fingerprint density at radius 1 is 1.57 bits per heavy atom. The number of nitrogens with two attached hydrogens (primary N) is 1. The molecule has 0 fully saturated rings. The molecule has 0 aliphatic heterocycles. The molecule has 0 unspecified atom stereocenters. The van der Waals surface area contributed by atoms with Gasteiger partial charge < -0.3 is 0 Å². The van der Waals surface area contributed by atoms with Crippen molar-refractivity contribution < 1.29 is 4.79 Å². The van der Waals surface area contributed by atoms with Crippen molar-refractivity contribution in [3.8, 4) is 0 Å². The summed E-state index contributed by atoms with van der Waals surface area (Å²) in [7, 11) is 5.58. The molecular weight excluding hydrogens is 175 g/mol. The molecule has 3 nitrogen and oxygen atoms in total. The van der Waals surface area contributed by atoms with Crippen molar-refractivity contribution in [3.63, 3.8) is 0 Å². The highest BCUT2D eigenvalue weighted by atomic mass is 16.2. The number of benzene rings is 1. The maximum absolute atomic E-state index is 10.8. The van der Waals surface area contributed by atoms with Crippen LogP contribution in [0.3, 0.4) is 0 Å². The Hall–Kier alpha value is -1.55. The Balaban J connectivity index is 2.56. The van der Waals surface area contributed by atoms with Gasteiger partial charge in [-0.05, 0) is 5.56 Å². The number of rotatable bonds is 3. The summed E-state index contributed by atoms with van der Waals surface area (Å²) in [6.07, 6.45) is 3.83. The zero-order valence-electron chi connectivity index (χ0n) is 7.73. The topological polar surface area (TPSA) is 55.1 Å². The van der Waals surface area contributed by atoms with Crippen LogP contribution in [0.15, 0.2) is 30.3 Å². The Labute approximate surface area is 84.4 Å². The summed E-state index contributed by atoms with van der Waals surface area (Å²) in [5.74, 6) is 4.70. The third-order valence-electron chi connectivity index (χ3n) is 1.69. The Bertz CT molecular complexity index is 350. The van der Waals surface area contributed by atoms with Gasteiger partial charge in [-0.3, -0.25) is 10.2 Å². The molecule has 2 radical (unpaired) electrons. The van der Waals surface area contributed by atoms with Gasteiger partial charge in [0.25, 0.3) is 0 Å². The predicted octanol–water partition coefficient (Wildman–Crippen LogP) is -0.126. The monoisotopic (exact) mass is 186 g/mol. The lowest BCUT2D eigenvalue weighted by molar-refractivity contribution is -0.120. The van der Waals surface area contributed by atoms with Gasteiger partial charge in [0.15, 0.2) is 0 Å². The second kappa shape index (κ2) is 5.24. The van der Waals surface area contributed by atoms with E-state index >= 15 is 0 Å². The minimum atomic E-state index is -0.217. The third kappa shape index (κ3) is 3.45. The van der Waals surface area contributed by atoms with Crippen LogP contribution < -0.4 is 16.7 Å². The molecule has 0 bridgehead atoms. The summed E-state index contributed by atoms with van der Waals surface area (Å²) in [5.41, 5.74) is 3.72. The molecule has 1 aromatic rings. The molecule has 3 N–H and O–H groups in total. The number of carbonyl (C=O) groups is 1. The molecule has 14 heavy (non-hydrogen) atoms. The number of hydrogen-bond donors (Lipinski definition) is 2. The van der Waals surface area contributed by atoms with Crippen molar-refractivity contribution in [2.24, 2.45) is 5.84 Å². The van der Waals surface area contributed by atoms with Crippen LogP contribution in [0.2, 0.25) is 0 Å². The van der Waals surface area contributed by atoms with E-state index in [1.807, 2.05) is 35.8 Å². The molecule has 0 spiro atoms. The van der Waals surface area contributed by atoms with Crippen LogP contribution in [0.1, 0.15) is 12.0 Å². The van der Waals surface area contributed by atoms with Gasteiger partial charge in [0.1, 0.15) is 7.85 Å². The maximum Gasteiger partial charge on any atom is 0.237 e. The van der Waals surface area contributed by atoms with Crippen LogP contribution in [0.25, 0.3) is 6.08 Å². The van der Waals surface area contributed by atoms with Crippen LogP contribution in [0.5, 0.6) is 0 Å². The fraction of sp³-hybridized carbons (Fsp3) is 0.100. The summed E-state index contributed by atoms with van der Waals surface area (Å²) in [6, 6.07) is 7.41. The molecule has 70 valence electrons. The van der Waals surface area contributed by atoms with Gasteiger partial charge in [0.05, 0.1) is 0 Å². The van der Waals surface area contributed by atoms with E-state index in [2.05, 4.69) is 0 Å². The Morgan fingerprint density at radius 3 is 3.00 bits per heavy atom. The standard InChI is InChI=1S/C10H11BN2O/c11-9-5-1-3-8(7-9)4-2-6-10(14)13-12/h1-5,7H,6,12H2,(H,13,14)/b4-2+. The average Bonchev–Trinajstić information content (AvgIpc) is 2.17. The second-order valence-corrected chi connectivity index (χ2v) is 2.84. The molecule has 0 heterocycles. The highest BCUT2D eigenvalue weighted by molar-refractivity contribution is 6.32. The zero-order valence-corrected chi connectivity index (χ0v) is 7.73. The number of nitrogens with one attached hydrogen (secondary N) is 1. The third-order valence-corrected chi connectivity index (χ3v) is 1.69. The quantitative estimate of drug-likeness (QED) is 0.299. The number of hydrazine groups is 1. The van der Waals surface area contributed by atoms with Gasteiger partial charge in [0, 0.05) is 6.42 Å². The lowest BCUT2D eigenvalue weighted by Gasteiger charge is -1.96. The summed E-state index contributed by atoms with van der Waals surface area (Å²) >= 11 is 0. The zero-order chi connectivity index (χ0) is 10.4. The van der Waals surface area contributed by atoms with E-state index in [1.54, 1.807) is 6.08 Å². The minimum absolute atomic E-state index is 0.217. The maximum atomic E-state index is 10.8. The normalized spacial score (nSPS) is 10.4. The van der Waals surface area contributed by atoms with E-state index in [1.165, 1.54) is 0 Å².